The van der Waals surface area contributed by atoms with Gasteiger partial charge in [-0.25, -0.2) is 9.18 Å². The molecule has 8 heteroatoms. The number of anilines is 1. The molecule has 1 aromatic carbocycles. The fourth-order valence-electron chi connectivity index (χ4n) is 1.96. The average Bonchev–Trinajstić information content (AvgIpc) is 2.41. The summed E-state index contributed by atoms with van der Waals surface area (Å²) in [5.41, 5.74) is -2.07. The summed E-state index contributed by atoms with van der Waals surface area (Å²) < 4.78 is 32.4. The summed E-state index contributed by atoms with van der Waals surface area (Å²) in [6.45, 7) is 0. The number of halogens is 2. The second-order valence-corrected chi connectivity index (χ2v) is 3.87. The number of aromatic amines is 1. The molecular weight excluding hydrogens is 274 g/mol. The quantitative estimate of drug-likeness (QED) is 0.795. The van der Waals surface area contributed by atoms with Gasteiger partial charge in [-0.3, -0.25) is 4.79 Å². The van der Waals surface area contributed by atoms with Gasteiger partial charge < -0.3 is 20.1 Å². The van der Waals surface area contributed by atoms with Crippen LogP contribution in [0.3, 0.4) is 0 Å². The van der Waals surface area contributed by atoms with Crippen LogP contribution >= 0.6 is 0 Å². The molecule has 6 nitrogen and oxygen atoms in total. The summed E-state index contributed by atoms with van der Waals surface area (Å²) in [4.78, 5) is 25.5. The zero-order valence-electron chi connectivity index (χ0n) is 10.5. The van der Waals surface area contributed by atoms with Crippen molar-refractivity contribution in [3.63, 3.8) is 0 Å². The van der Waals surface area contributed by atoms with Crippen LogP contribution in [0.4, 0.5) is 14.5 Å². The Morgan fingerprint density at radius 1 is 1.40 bits per heavy atom. The number of aromatic carboxylic acids is 1. The number of hydrogen-bond donors (Lipinski definition) is 3. The number of benzene rings is 1. The SMILES string of the molecule is CNc1c(F)c(F)c(OC)c2[nH]cc(C(=O)O)c(=O)c12. The predicted molar refractivity (Wildman–Crippen MR) is 67.5 cm³/mol. The molecule has 2 aromatic rings. The van der Waals surface area contributed by atoms with Crippen LogP contribution in [0.1, 0.15) is 10.4 Å². The maximum Gasteiger partial charge on any atom is 0.341 e. The summed E-state index contributed by atoms with van der Waals surface area (Å²) >= 11 is 0. The molecule has 0 aliphatic rings. The standard InChI is InChI=1S/C12H10F2N2O4/c1-15-8-5-9(11(20-2)7(14)6(8)13)16-3-4(10(5)17)12(18)19/h3,15H,1-2H3,(H,16,17)(H,18,19). The molecule has 0 fully saturated rings. The number of carboxylic acids is 1. The number of aromatic nitrogens is 1. The van der Waals surface area contributed by atoms with Crippen molar-refractivity contribution in [2.45, 2.75) is 0 Å². The number of pyridine rings is 1. The average molecular weight is 284 g/mol. The normalized spacial score (nSPS) is 10.6. The van der Waals surface area contributed by atoms with E-state index in [0.29, 0.717) is 0 Å². The number of carboxylic acid groups (broad SMARTS) is 1. The molecule has 106 valence electrons. The second kappa shape index (κ2) is 4.80. The van der Waals surface area contributed by atoms with Crippen LogP contribution in [0, 0.1) is 11.6 Å². The van der Waals surface area contributed by atoms with Crippen LogP contribution in [0.25, 0.3) is 10.9 Å². The molecule has 0 atom stereocenters. The molecule has 0 radical (unpaired) electrons. The molecule has 1 aromatic heterocycles. The molecule has 0 aliphatic carbocycles. The summed E-state index contributed by atoms with van der Waals surface area (Å²) in [7, 11) is 2.40. The highest BCUT2D eigenvalue weighted by atomic mass is 19.2. The number of hydrogen-bond acceptors (Lipinski definition) is 4. The molecule has 3 N–H and O–H groups in total. The van der Waals surface area contributed by atoms with Gasteiger partial charge in [-0.2, -0.15) is 4.39 Å². The number of ether oxygens (including phenoxy) is 1. The van der Waals surface area contributed by atoms with Crippen LogP contribution in [-0.4, -0.2) is 30.2 Å². The minimum absolute atomic E-state index is 0.120. The van der Waals surface area contributed by atoms with E-state index in [4.69, 9.17) is 9.84 Å². The number of nitrogens with one attached hydrogen (secondary N) is 2. The van der Waals surface area contributed by atoms with Gasteiger partial charge in [0.2, 0.25) is 11.2 Å². The van der Waals surface area contributed by atoms with Gasteiger partial charge in [0.05, 0.1) is 23.7 Å². The lowest BCUT2D eigenvalue weighted by Gasteiger charge is -2.12. The molecular formula is C12H10F2N2O4. The van der Waals surface area contributed by atoms with Crippen molar-refractivity contribution in [3.8, 4) is 5.75 Å². The van der Waals surface area contributed by atoms with Crippen molar-refractivity contribution < 1.29 is 23.4 Å². The zero-order chi connectivity index (χ0) is 15.0. The highest BCUT2D eigenvalue weighted by molar-refractivity contribution is 6.00. The van der Waals surface area contributed by atoms with Crippen molar-refractivity contribution in [3.05, 3.63) is 33.6 Å². The van der Waals surface area contributed by atoms with E-state index in [0.717, 1.165) is 13.3 Å². The van der Waals surface area contributed by atoms with Gasteiger partial charge in [0.1, 0.15) is 5.56 Å². The Balaban J connectivity index is 3.09. The molecule has 0 aliphatic heterocycles. The number of fused-ring (bicyclic) bond motifs is 1. The molecule has 0 amide bonds. The van der Waals surface area contributed by atoms with E-state index in [2.05, 4.69) is 10.3 Å². The van der Waals surface area contributed by atoms with E-state index in [1.165, 1.54) is 7.05 Å². The van der Waals surface area contributed by atoms with E-state index in [-0.39, 0.29) is 10.9 Å². The van der Waals surface area contributed by atoms with Gasteiger partial charge in [0.15, 0.2) is 11.6 Å². The fourth-order valence-corrected chi connectivity index (χ4v) is 1.96. The molecule has 0 bridgehead atoms. The van der Waals surface area contributed by atoms with Crippen LogP contribution in [0.2, 0.25) is 0 Å². The van der Waals surface area contributed by atoms with E-state index >= 15 is 0 Å². The minimum Gasteiger partial charge on any atom is -0.491 e. The topological polar surface area (TPSA) is 91.4 Å². The molecule has 1 heterocycles. The maximum absolute atomic E-state index is 13.9. The summed E-state index contributed by atoms with van der Waals surface area (Å²) in [6.07, 6.45) is 0.909. The van der Waals surface area contributed by atoms with E-state index < -0.39 is 40.0 Å². The van der Waals surface area contributed by atoms with Gasteiger partial charge in [0.25, 0.3) is 0 Å². The molecule has 0 saturated carbocycles. The first-order valence-electron chi connectivity index (χ1n) is 5.45. The monoisotopic (exact) mass is 284 g/mol. The smallest absolute Gasteiger partial charge is 0.341 e. The van der Waals surface area contributed by atoms with Gasteiger partial charge in [-0.1, -0.05) is 0 Å². The maximum atomic E-state index is 13.9. The molecule has 20 heavy (non-hydrogen) atoms. The van der Waals surface area contributed by atoms with Crippen LogP contribution < -0.4 is 15.5 Å². The highest BCUT2D eigenvalue weighted by Crippen LogP contribution is 2.34. The molecule has 2 rings (SSSR count). The molecule has 0 unspecified atom stereocenters. The number of rotatable bonds is 3. The lowest BCUT2D eigenvalue weighted by molar-refractivity contribution is 0.0695. The van der Waals surface area contributed by atoms with E-state index in [9.17, 15) is 18.4 Å². The lowest BCUT2D eigenvalue weighted by Crippen LogP contribution is -2.18. The third kappa shape index (κ3) is 1.77. The Morgan fingerprint density at radius 3 is 2.55 bits per heavy atom. The zero-order valence-corrected chi connectivity index (χ0v) is 10.5. The first-order valence-corrected chi connectivity index (χ1v) is 5.45. The third-order valence-corrected chi connectivity index (χ3v) is 2.86. The summed E-state index contributed by atoms with van der Waals surface area (Å²) in [5, 5.41) is 10.9. The highest BCUT2D eigenvalue weighted by Gasteiger charge is 2.24. The number of H-pyrrole nitrogens is 1. The molecule has 0 saturated heterocycles. The van der Waals surface area contributed by atoms with E-state index in [1.54, 1.807) is 0 Å². The first-order chi connectivity index (χ1) is 9.43. The van der Waals surface area contributed by atoms with Gasteiger partial charge in [0, 0.05) is 13.2 Å². The lowest BCUT2D eigenvalue weighted by atomic mass is 10.1. The second-order valence-electron chi connectivity index (χ2n) is 3.87. The first kappa shape index (κ1) is 13.8. The van der Waals surface area contributed by atoms with Gasteiger partial charge in [-0.05, 0) is 0 Å². The van der Waals surface area contributed by atoms with Gasteiger partial charge >= 0.3 is 5.97 Å². The fraction of sp³-hybridized carbons (Fsp3) is 0.167. The number of carbonyl (C=O) groups is 1. The van der Waals surface area contributed by atoms with Crippen molar-refractivity contribution in [1.29, 1.82) is 0 Å². The van der Waals surface area contributed by atoms with Gasteiger partial charge in [-0.15, -0.1) is 0 Å². The Hall–Kier alpha value is -2.64. The summed E-state index contributed by atoms with van der Waals surface area (Å²) in [5.74, 6) is -4.56. The van der Waals surface area contributed by atoms with Crippen molar-refractivity contribution in [2.24, 2.45) is 0 Å². The van der Waals surface area contributed by atoms with Crippen molar-refractivity contribution >= 4 is 22.6 Å². The van der Waals surface area contributed by atoms with Crippen LogP contribution in [0.15, 0.2) is 11.0 Å². The third-order valence-electron chi connectivity index (χ3n) is 2.86. The number of methoxy groups -OCH3 is 1. The Labute approximate surface area is 111 Å². The van der Waals surface area contributed by atoms with E-state index in [1.807, 2.05) is 0 Å². The summed E-state index contributed by atoms with van der Waals surface area (Å²) in [6, 6.07) is 0. The Morgan fingerprint density at radius 2 is 2.05 bits per heavy atom. The van der Waals surface area contributed by atoms with Crippen molar-refractivity contribution in [2.75, 3.05) is 19.5 Å². The van der Waals surface area contributed by atoms with Crippen LogP contribution in [-0.2, 0) is 0 Å². The molecule has 0 spiro atoms. The Kier molecular flexibility index (Phi) is 3.31. The Bertz CT molecular complexity index is 770. The van der Waals surface area contributed by atoms with Crippen molar-refractivity contribution in [1.82, 2.24) is 4.98 Å². The van der Waals surface area contributed by atoms with Crippen LogP contribution in [0.5, 0.6) is 5.75 Å². The minimum atomic E-state index is -1.47. The predicted octanol–water partition coefficient (Wildman–Crippen LogP) is 1.55. The largest absolute Gasteiger partial charge is 0.491 e.